The van der Waals surface area contributed by atoms with Crippen LogP contribution in [-0.4, -0.2) is 6.16 Å². The minimum absolute atomic E-state index is 1.29. The Morgan fingerprint density at radius 1 is 0.533 bits per heavy atom. The van der Waals surface area contributed by atoms with Gasteiger partial charge in [-0.3, -0.25) is 0 Å². The lowest BCUT2D eigenvalue weighted by Crippen LogP contribution is -1.82. The third-order valence-electron chi connectivity index (χ3n) is 3.06. The molecule has 0 saturated heterocycles. The van der Waals surface area contributed by atoms with E-state index in [0.29, 0.717) is 0 Å². The van der Waals surface area contributed by atoms with Crippen molar-refractivity contribution in [1.29, 1.82) is 0 Å². The van der Waals surface area contributed by atoms with E-state index in [9.17, 15) is 0 Å². The van der Waals surface area contributed by atoms with Crippen LogP contribution in [-0.2, 0) is 0 Å². The predicted octanol–water partition coefficient (Wildman–Crippen LogP) is 5.56. The fraction of sp³-hybridized carbons (Fsp3) is 1.00. The van der Waals surface area contributed by atoms with Crippen LogP contribution in [0.4, 0.5) is 0 Å². The van der Waals surface area contributed by atoms with E-state index in [4.69, 9.17) is 0 Å². The van der Waals surface area contributed by atoms with Crippen LogP contribution in [0.25, 0.3) is 0 Å². The molecule has 0 aliphatic heterocycles. The van der Waals surface area contributed by atoms with Crippen LogP contribution < -0.4 is 0 Å². The van der Waals surface area contributed by atoms with Gasteiger partial charge in [0.05, 0.1) is 0 Å². The van der Waals surface area contributed by atoms with Gasteiger partial charge in [0.2, 0.25) is 0 Å². The molecule has 0 aliphatic rings. The molecule has 15 heavy (non-hydrogen) atoms. The Balaban J connectivity index is 2.81. The molecular weight excluding hydrogens is 199 g/mol. The Bertz CT molecular complexity index is 89.5. The smallest absolute Gasteiger partial charge is 0.0381 e. The second kappa shape index (κ2) is 14.4. The first kappa shape index (κ1) is 15.4. The molecule has 0 aliphatic carbocycles. The zero-order chi connectivity index (χ0) is 11.2. The molecule has 0 saturated carbocycles. The second-order valence-corrected chi connectivity index (χ2v) is 5.26. The highest BCUT2D eigenvalue weighted by molar-refractivity contribution is 7.16. The van der Waals surface area contributed by atoms with E-state index in [-0.39, 0.29) is 0 Å². The van der Waals surface area contributed by atoms with E-state index in [0.717, 1.165) is 0 Å². The van der Waals surface area contributed by atoms with Gasteiger partial charge < -0.3 is 0 Å². The van der Waals surface area contributed by atoms with E-state index >= 15 is 0 Å². The van der Waals surface area contributed by atoms with Crippen LogP contribution in [0.5, 0.6) is 0 Å². The van der Waals surface area contributed by atoms with E-state index in [1.54, 1.807) is 0 Å². The van der Waals surface area contributed by atoms with Crippen molar-refractivity contribution in [1.82, 2.24) is 0 Å². The molecule has 0 radical (unpaired) electrons. The summed E-state index contributed by atoms with van der Waals surface area (Å²) < 4.78 is 0. The second-order valence-electron chi connectivity index (χ2n) is 4.68. The molecule has 0 N–H and O–H groups in total. The van der Waals surface area contributed by atoms with E-state index in [2.05, 4.69) is 16.2 Å². The van der Waals surface area contributed by atoms with Crippen molar-refractivity contribution < 1.29 is 0 Å². The summed E-state index contributed by atoms with van der Waals surface area (Å²) in [5.41, 5.74) is 0. The van der Waals surface area contributed by atoms with Gasteiger partial charge in [0.1, 0.15) is 0 Å². The fourth-order valence-electron chi connectivity index (χ4n) is 1.99. The first-order chi connectivity index (χ1) is 7.41. The lowest BCUT2D eigenvalue weighted by molar-refractivity contribution is 0.548. The van der Waals surface area contributed by atoms with Crippen molar-refractivity contribution in [2.24, 2.45) is 0 Å². The molecular formula is C14H31P. The zero-order valence-corrected chi connectivity index (χ0v) is 11.9. The molecule has 92 valence electrons. The van der Waals surface area contributed by atoms with E-state index in [1.165, 1.54) is 83.2 Å². The molecule has 0 aromatic rings. The SMILES string of the molecule is CCCCCCCCCCCCCCP. The summed E-state index contributed by atoms with van der Waals surface area (Å²) in [5.74, 6) is 0. The Hall–Kier alpha value is 0.430. The van der Waals surface area contributed by atoms with E-state index in [1.807, 2.05) is 0 Å². The zero-order valence-electron chi connectivity index (χ0n) is 10.8. The average Bonchev–Trinajstić information content (AvgIpc) is 2.26. The maximum atomic E-state index is 2.81. The normalized spacial score (nSPS) is 10.8. The first-order valence-electron chi connectivity index (χ1n) is 7.12. The standard InChI is InChI=1S/C14H31P/c1-2-3-4-5-6-7-8-9-10-11-12-13-14-15/h2-15H2,1H3. The van der Waals surface area contributed by atoms with Crippen LogP contribution >= 0.6 is 9.24 Å². The third kappa shape index (κ3) is 14.4. The Kier molecular flexibility index (Phi) is 14.8. The average molecular weight is 230 g/mol. The molecule has 1 heteroatoms. The molecule has 0 fully saturated rings. The lowest BCUT2D eigenvalue weighted by Gasteiger charge is -2.01. The number of hydrogen-bond donors (Lipinski definition) is 0. The van der Waals surface area contributed by atoms with Crippen molar-refractivity contribution in [3.05, 3.63) is 0 Å². The van der Waals surface area contributed by atoms with Crippen molar-refractivity contribution in [2.75, 3.05) is 6.16 Å². The largest absolute Gasteiger partial charge is 0.138 e. The van der Waals surface area contributed by atoms with Crippen molar-refractivity contribution in [3.63, 3.8) is 0 Å². The van der Waals surface area contributed by atoms with E-state index < -0.39 is 0 Å². The molecule has 0 spiro atoms. The number of unbranched alkanes of at least 4 members (excludes halogenated alkanes) is 11. The molecule has 0 nitrogen and oxygen atoms in total. The Morgan fingerprint density at radius 2 is 0.867 bits per heavy atom. The Morgan fingerprint density at radius 3 is 1.20 bits per heavy atom. The number of rotatable bonds is 12. The van der Waals surface area contributed by atoms with Gasteiger partial charge in [-0.05, 0) is 12.6 Å². The monoisotopic (exact) mass is 230 g/mol. The highest BCUT2D eigenvalue weighted by atomic mass is 31.0. The highest BCUT2D eigenvalue weighted by Gasteiger charge is 1.92. The minimum Gasteiger partial charge on any atom is -0.138 e. The first-order valence-corrected chi connectivity index (χ1v) is 7.93. The lowest BCUT2D eigenvalue weighted by atomic mass is 10.1. The maximum absolute atomic E-state index is 2.81. The van der Waals surface area contributed by atoms with Gasteiger partial charge in [-0.2, -0.15) is 0 Å². The van der Waals surface area contributed by atoms with Gasteiger partial charge in [-0.1, -0.05) is 77.6 Å². The van der Waals surface area contributed by atoms with Gasteiger partial charge in [0.25, 0.3) is 0 Å². The van der Waals surface area contributed by atoms with Crippen molar-refractivity contribution in [2.45, 2.75) is 84.0 Å². The summed E-state index contributed by atoms with van der Waals surface area (Å²) in [5, 5.41) is 0. The molecule has 0 bridgehead atoms. The highest BCUT2D eigenvalue weighted by Crippen LogP contribution is 2.11. The molecule has 0 aromatic carbocycles. The summed E-state index contributed by atoms with van der Waals surface area (Å²) in [6.07, 6.45) is 18.7. The third-order valence-corrected chi connectivity index (χ3v) is 3.47. The van der Waals surface area contributed by atoms with Gasteiger partial charge in [-0.25, -0.2) is 0 Å². The minimum atomic E-state index is 1.29. The van der Waals surface area contributed by atoms with Crippen molar-refractivity contribution in [3.8, 4) is 0 Å². The van der Waals surface area contributed by atoms with Gasteiger partial charge in [-0.15, -0.1) is 9.24 Å². The van der Waals surface area contributed by atoms with Gasteiger partial charge >= 0.3 is 0 Å². The van der Waals surface area contributed by atoms with Crippen LogP contribution in [0, 0.1) is 0 Å². The summed E-state index contributed by atoms with van der Waals surface area (Å²) in [6, 6.07) is 0. The molecule has 1 atom stereocenters. The molecule has 0 rings (SSSR count). The van der Waals surface area contributed by atoms with Crippen LogP contribution in [0.3, 0.4) is 0 Å². The van der Waals surface area contributed by atoms with Crippen LogP contribution in [0.2, 0.25) is 0 Å². The van der Waals surface area contributed by atoms with Gasteiger partial charge in [0.15, 0.2) is 0 Å². The molecule has 0 heterocycles. The molecule has 0 amide bonds. The quantitative estimate of drug-likeness (QED) is 0.304. The Labute approximate surface area is 99.8 Å². The topological polar surface area (TPSA) is 0 Å². The molecule has 0 aromatic heterocycles. The summed E-state index contributed by atoms with van der Waals surface area (Å²) in [6.45, 7) is 2.29. The molecule has 1 unspecified atom stereocenters. The van der Waals surface area contributed by atoms with Crippen molar-refractivity contribution >= 4 is 9.24 Å². The predicted molar refractivity (Wildman–Crippen MR) is 75.7 cm³/mol. The van der Waals surface area contributed by atoms with Crippen LogP contribution in [0.15, 0.2) is 0 Å². The fourth-order valence-corrected chi connectivity index (χ4v) is 2.27. The number of hydrogen-bond acceptors (Lipinski definition) is 0. The van der Waals surface area contributed by atoms with Crippen LogP contribution in [0.1, 0.15) is 84.0 Å². The van der Waals surface area contributed by atoms with Gasteiger partial charge in [0, 0.05) is 0 Å². The summed E-state index contributed by atoms with van der Waals surface area (Å²) >= 11 is 0. The maximum Gasteiger partial charge on any atom is -0.0381 e. The summed E-state index contributed by atoms with van der Waals surface area (Å²) in [4.78, 5) is 0. The summed E-state index contributed by atoms with van der Waals surface area (Å²) in [7, 11) is 2.81.